The van der Waals surface area contributed by atoms with Gasteiger partial charge in [-0.3, -0.25) is 0 Å². The largest absolute Gasteiger partial charge is 0.390 e. The molecule has 3 heteroatoms. The maximum Gasteiger partial charge on any atom is 0.0839 e. The lowest BCUT2D eigenvalue weighted by Gasteiger charge is -1.98. The Morgan fingerprint density at radius 3 is 2.92 bits per heavy atom. The molecule has 0 saturated heterocycles. The molecule has 2 aromatic heterocycles. The van der Waals surface area contributed by atoms with Crippen LogP contribution in [0.1, 0.15) is 11.3 Å². The van der Waals surface area contributed by atoms with E-state index in [0.29, 0.717) is 0 Å². The second kappa shape index (κ2) is 3.16. The summed E-state index contributed by atoms with van der Waals surface area (Å²) in [7, 11) is 0. The second-order valence-electron chi connectivity index (χ2n) is 3.00. The highest BCUT2D eigenvalue weighted by molar-refractivity contribution is 9.10. The van der Waals surface area contributed by atoms with Crippen molar-refractivity contribution in [2.24, 2.45) is 0 Å². The molecule has 68 valence electrons. The van der Waals surface area contributed by atoms with E-state index in [1.54, 1.807) is 0 Å². The molecular formula is C10H10BrNO. The third-order valence-electron chi connectivity index (χ3n) is 2.29. The van der Waals surface area contributed by atoms with E-state index < -0.39 is 0 Å². The summed E-state index contributed by atoms with van der Waals surface area (Å²) in [5.41, 5.74) is 3.15. The van der Waals surface area contributed by atoms with Gasteiger partial charge in [-0.25, -0.2) is 0 Å². The monoisotopic (exact) mass is 239 g/mol. The van der Waals surface area contributed by atoms with Gasteiger partial charge in [0.25, 0.3) is 0 Å². The number of halogens is 1. The van der Waals surface area contributed by atoms with Crippen LogP contribution < -0.4 is 0 Å². The van der Waals surface area contributed by atoms with Gasteiger partial charge < -0.3 is 9.51 Å². The summed E-state index contributed by atoms with van der Waals surface area (Å²) < 4.78 is 3.07. The van der Waals surface area contributed by atoms with Crippen molar-refractivity contribution < 1.29 is 5.11 Å². The Kier molecular flexibility index (Phi) is 2.14. The van der Waals surface area contributed by atoms with E-state index in [2.05, 4.69) is 15.9 Å². The predicted molar refractivity (Wildman–Crippen MR) is 55.8 cm³/mol. The third-order valence-corrected chi connectivity index (χ3v) is 3.29. The van der Waals surface area contributed by atoms with Crippen molar-refractivity contribution in [3.05, 3.63) is 40.1 Å². The van der Waals surface area contributed by atoms with Gasteiger partial charge in [0.2, 0.25) is 0 Å². The van der Waals surface area contributed by atoms with E-state index in [4.69, 9.17) is 0 Å². The van der Waals surface area contributed by atoms with Crippen LogP contribution in [0.2, 0.25) is 0 Å². The Balaban J connectivity index is 2.90. The molecule has 0 aromatic carbocycles. The van der Waals surface area contributed by atoms with Crippen molar-refractivity contribution in [2.75, 3.05) is 0 Å². The maximum atomic E-state index is 9.19. The number of hydrogen-bond acceptors (Lipinski definition) is 1. The minimum absolute atomic E-state index is 0.0720. The van der Waals surface area contributed by atoms with Crippen molar-refractivity contribution in [2.45, 2.75) is 13.5 Å². The quantitative estimate of drug-likeness (QED) is 0.813. The predicted octanol–water partition coefficient (Wildman–Crippen LogP) is 2.50. The summed E-state index contributed by atoms with van der Waals surface area (Å²) in [6.45, 7) is 2.07. The Hall–Kier alpha value is -0.800. The molecule has 2 heterocycles. The Labute approximate surface area is 84.9 Å². The lowest BCUT2D eigenvalue weighted by molar-refractivity contribution is 0.275. The topological polar surface area (TPSA) is 24.6 Å². The smallest absolute Gasteiger partial charge is 0.0839 e. The highest BCUT2D eigenvalue weighted by Gasteiger charge is 2.10. The van der Waals surface area contributed by atoms with Gasteiger partial charge >= 0.3 is 0 Å². The van der Waals surface area contributed by atoms with Crippen LogP contribution in [0.15, 0.2) is 28.9 Å². The van der Waals surface area contributed by atoms with Gasteiger partial charge in [-0.05, 0) is 40.5 Å². The van der Waals surface area contributed by atoms with Gasteiger partial charge in [-0.2, -0.15) is 0 Å². The molecule has 0 saturated carbocycles. The molecule has 0 bridgehead atoms. The van der Waals surface area contributed by atoms with Gasteiger partial charge in [0.1, 0.15) is 0 Å². The molecule has 2 rings (SSSR count). The fourth-order valence-corrected chi connectivity index (χ4v) is 2.10. The first-order valence-electron chi connectivity index (χ1n) is 4.10. The zero-order valence-electron chi connectivity index (χ0n) is 7.29. The average molecular weight is 240 g/mol. The lowest BCUT2D eigenvalue weighted by atomic mass is 10.3. The van der Waals surface area contributed by atoms with Gasteiger partial charge in [-0.1, -0.05) is 6.07 Å². The van der Waals surface area contributed by atoms with E-state index in [9.17, 15) is 5.11 Å². The molecule has 0 fully saturated rings. The molecule has 0 spiro atoms. The molecule has 0 aliphatic carbocycles. The first-order chi connectivity index (χ1) is 6.25. The normalized spacial score (nSPS) is 11.0. The minimum Gasteiger partial charge on any atom is -0.390 e. The maximum absolute atomic E-state index is 9.19. The number of nitrogens with zero attached hydrogens (tertiary/aromatic N) is 1. The summed E-state index contributed by atoms with van der Waals surface area (Å²) in [5.74, 6) is 0. The summed E-state index contributed by atoms with van der Waals surface area (Å²) in [6.07, 6.45) is 1.96. The highest BCUT2D eigenvalue weighted by Crippen LogP contribution is 2.27. The lowest BCUT2D eigenvalue weighted by Crippen LogP contribution is -1.92. The number of aliphatic hydroxyl groups excluding tert-OH is 1. The molecule has 0 amide bonds. The highest BCUT2D eigenvalue weighted by atomic mass is 79.9. The number of aliphatic hydroxyl groups is 1. The first-order valence-corrected chi connectivity index (χ1v) is 4.90. The zero-order valence-corrected chi connectivity index (χ0v) is 8.87. The van der Waals surface area contributed by atoms with Gasteiger partial charge in [0, 0.05) is 10.7 Å². The second-order valence-corrected chi connectivity index (χ2v) is 3.79. The van der Waals surface area contributed by atoms with Crippen molar-refractivity contribution in [1.82, 2.24) is 4.40 Å². The van der Waals surface area contributed by atoms with Crippen molar-refractivity contribution in [3.63, 3.8) is 0 Å². The molecule has 0 unspecified atom stereocenters. The van der Waals surface area contributed by atoms with E-state index in [0.717, 1.165) is 21.2 Å². The van der Waals surface area contributed by atoms with Crippen molar-refractivity contribution in [3.8, 4) is 0 Å². The number of hydrogen-bond donors (Lipinski definition) is 1. The van der Waals surface area contributed by atoms with Crippen LogP contribution >= 0.6 is 15.9 Å². The Bertz CT molecular complexity index is 447. The van der Waals surface area contributed by atoms with Crippen LogP contribution in [0.5, 0.6) is 0 Å². The Morgan fingerprint density at radius 2 is 2.23 bits per heavy atom. The molecule has 0 atom stereocenters. The average Bonchev–Trinajstić information content (AvgIpc) is 2.41. The molecule has 13 heavy (non-hydrogen) atoms. The number of rotatable bonds is 1. The summed E-state index contributed by atoms with van der Waals surface area (Å²) in [6, 6.07) is 5.97. The standard InChI is InChI=1S/C10H10BrNO/c1-7-9(6-13)12-5-3-2-4-8(12)10(7)11/h2-5,13H,6H2,1H3. The van der Waals surface area contributed by atoms with Crippen molar-refractivity contribution >= 4 is 21.4 Å². The van der Waals surface area contributed by atoms with Crippen LogP contribution in [0.3, 0.4) is 0 Å². The van der Waals surface area contributed by atoms with E-state index in [1.807, 2.05) is 35.7 Å². The molecule has 1 N–H and O–H groups in total. The van der Waals surface area contributed by atoms with E-state index in [1.165, 1.54) is 0 Å². The molecule has 0 aliphatic heterocycles. The molecular weight excluding hydrogens is 230 g/mol. The summed E-state index contributed by atoms with van der Waals surface area (Å²) in [4.78, 5) is 0. The van der Waals surface area contributed by atoms with Crippen molar-refractivity contribution in [1.29, 1.82) is 0 Å². The van der Waals surface area contributed by atoms with Crippen LogP contribution in [0.4, 0.5) is 0 Å². The Morgan fingerprint density at radius 1 is 1.46 bits per heavy atom. The van der Waals surface area contributed by atoms with Crippen LogP contribution in [-0.4, -0.2) is 9.51 Å². The third kappa shape index (κ3) is 1.19. The number of pyridine rings is 1. The summed E-state index contributed by atoms with van der Waals surface area (Å²) >= 11 is 3.51. The number of fused-ring (bicyclic) bond motifs is 1. The van der Waals surface area contributed by atoms with Gasteiger partial charge in [0.15, 0.2) is 0 Å². The fraction of sp³-hybridized carbons (Fsp3) is 0.200. The van der Waals surface area contributed by atoms with E-state index in [-0.39, 0.29) is 6.61 Å². The zero-order chi connectivity index (χ0) is 9.42. The molecule has 0 aliphatic rings. The number of aromatic nitrogens is 1. The van der Waals surface area contributed by atoms with Crippen LogP contribution in [0, 0.1) is 6.92 Å². The fourth-order valence-electron chi connectivity index (χ4n) is 1.55. The van der Waals surface area contributed by atoms with Crippen LogP contribution in [-0.2, 0) is 6.61 Å². The van der Waals surface area contributed by atoms with E-state index >= 15 is 0 Å². The SMILES string of the molecule is Cc1c(Br)c2ccccn2c1CO. The molecule has 2 nitrogen and oxygen atoms in total. The van der Waals surface area contributed by atoms with Gasteiger partial charge in [-0.15, -0.1) is 0 Å². The molecule has 2 aromatic rings. The van der Waals surface area contributed by atoms with Gasteiger partial charge in [0.05, 0.1) is 17.8 Å². The first kappa shape index (κ1) is 8.78. The van der Waals surface area contributed by atoms with Crippen LogP contribution in [0.25, 0.3) is 5.52 Å². The minimum atomic E-state index is 0.0720. The summed E-state index contributed by atoms with van der Waals surface area (Å²) in [5, 5.41) is 9.19. The molecule has 0 radical (unpaired) electrons.